The summed E-state index contributed by atoms with van der Waals surface area (Å²) in [6.45, 7) is 2.98. The van der Waals surface area contributed by atoms with Crippen LogP contribution in [0.5, 0.6) is 0 Å². The molecule has 5 nitrogen and oxygen atoms in total. The SMILES string of the molecule is COCCCOC(c1ccccc1)C1CCCN(C(=O)CC(N)CC2CCCCC2)C1. The highest BCUT2D eigenvalue weighted by molar-refractivity contribution is 5.77. The normalized spacial score (nSPS) is 22.3. The number of benzene rings is 1. The van der Waals surface area contributed by atoms with Gasteiger partial charge in [-0.25, -0.2) is 0 Å². The monoisotopic (exact) mass is 430 g/mol. The van der Waals surface area contributed by atoms with Crippen molar-refractivity contribution in [2.24, 2.45) is 17.6 Å². The maximum atomic E-state index is 13.0. The summed E-state index contributed by atoms with van der Waals surface area (Å²) in [4.78, 5) is 15.1. The summed E-state index contributed by atoms with van der Waals surface area (Å²) in [7, 11) is 1.72. The largest absolute Gasteiger partial charge is 0.385 e. The summed E-state index contributed by atoms with van der Waals surface area (Å²) in [5.74, 6) is 1.25. The fourth-order valence-corrected chi connectivity index (χ4v) is 5.33. The number of methoxy groups -OCH3 is 1. The van der Waals surface area contributed by atoms with E-state index in [2.05, 4.69) is 24.3 Å². The Hall–Kier alpha value is -1.43. The van der Waals surface area contributed by atoms with Crippen molar-refractivity contribution in [1.82, 2.24) is 4.90 Å². The number of rotatable bonds is 11. The van der Waals surface area contributed by atoms with Crippen LogP contribution in [-0.4, -0.2) is 50.3 Å². The molecule has 1 aromatic carbocycles. The molecule has 31 heavy (non-hydrogen) atoms. The van der Waals surface area contributed by atoms with Crippen LogP contribution in [0.2, 0.25) is 0 Å². The smallest absolute Gasteiger partial charge is 0.224 e. The Bertz CT molecular complexity index is 633. The summed E-state index contributed by atoms with van der Waals surface area (Å²) >= 11 is 0. The molecule has 2 fully saturated rings. The van der Waals surface area contributed by atoms with Gasteiger partial charge in [0, 0.05) is 51.8 Å². The van der Waals surface area contributed by atoms with E-state index in [1.54, 1.807) is 7.11 Å². The second-order valence-corrected chi connectivity index (χ2v) is 9.49. The molecule has 1 saturated carbocycles. The van der Waals surface area contributed by atoms with Crippen molar-refractivity contribution in [3.63, 3.8) is 0 Å². The molecule has 2 aliphatic rings. The quantitative estimate of drug-likeness (QED) is 0.517. The van der Waals surface area contributed by atoms with Crippen LogP contribution in [0.1, 0.15) is 75.9 Å². The van der Waals surface area contributed by atoms with E-state index in [9.17, 15) is 4.79 Å². The van der Waals surface area contributed by atoms with Gasteiger partial charge in [0.25, 0.3) is 0 Å². The van der Waals surface area contributed by atoms with Crippen LogP contribution in [-0.2, 0) is 14.3 Å². The Morgan fingerprint density at radius 3 is 2.61 bits per heavy atom. The summed E-state index contributed by atoms with van der Waals surface area (Å²) in [5.41, 5.74) is 7.61. The highest BCUT2D eigenvalue weighted by Crippen LogP contribution is 2.33. The molecule has 174 valence electrons. The highest BCUT2D eigenvalue weighted by Gasteiger charge is 2.31. The molecule has 2 N–H and O–H groups in total. The summed E-state index contributed by atoms with van der Waals surface area (Å²) in [6, 6.07) is 10.4. The Morgan fingerprint density at radius 2 is 1.87 bits per heavy atom. The van der Waals surface area contributed by atoms with E-state index in [1.165, 1.54) is 37.7 Å². The predicted octanol–water partition coefficient (Wildman–Crippen LogP) is 4.71. The van der Waals surface area contributed by atoms with E-state index in [-0.39, 0.29) is 18.1 Å². The first-order chi connectivity index (χ1) is 15.2. The van der Waals surface area contributed by atoms with Crippen molar-refractivity contribution in [2.75, 3.05) is 33.4 Å². The zero-order chi connectivity index (χ0) is 21.9. The minimum atomic E-state index is -0.00816. The molecule has 1 heterocycles. The first kappa shape index (κ1) is 24.2. The van der Waals surface area contributed by atoms with Crippen molar-refractivity contribution in [3.8, 4) is 0 Å². The number of nitrogens with zero attached hydrogens (tertiary/aromatic N) is 1. The molecule has 1 aliphatic heterocycles. The van der Waals surface area contributed by atoms with Crippen LogP contribution in [0.3, 0.4) is 0 Å². The lowest BCUT2D eigenvalue weighted by Gasteiger charge is -2.37. The van der Waals surface area contributed by atoms with Gasteiger partial charge in [0.15, 0.2) is 0 Å². The van der Waals surface area contributed by atoms with E-state index in [0.29, 0.717) is 31.5 Å². The van der Waals surface area contributed by atoms with Crippen LogP contribution in [0, 0.1) is 11.8 Å². The van der Waals surface area contributed by atoms with Gasteiger partial charge in [-0.2, -0.15) is 0 Å². The van der Waals surface area contributed by atoms with Crippen LogP contribution >= 0.6 is 0 Å². The standard InChI is InChI=1S/C26H42N2O3/c1-30-16-9-17-31-26(22-12-6-3-7-13-22)23-14-8-15-28(20-23)25(29)19-24(27)18-21-10-4-2-5-11-21/h3,6-7,12-13,21,23-24,26H,2,4-5,8-11,14-20,27H2,1H3. The molecular formula is C26H42N2O3. The maximum Gasteiger partial charge on any atom is 0.224 e. The van der Waals surface area contributed by atoms with Gasteiger partial charge in [-0.1, -0.05) is 62.4 Å². The molecule has 1 amide bonds. The number of hydrogen-bond donors (Lipinski definition) is 1. The third-order valence-corrected chi connectivity index (χ3v) is 6.95. The summed E-state index contributed by atoms with van der Waals surface area (Å²) < 4.78 is 11.5. The second-order valence-electron chi connectivity index (χ2n) is 9.49. The minimum absolute atomic E-state index is 0.00816. The molecule has 0 radical (unpaired) electrons. The fraction of sp³-hybridized carbons (Fsp3) is 0.731. The number of ether oxygens (including phenoxy) is 2. The van der Waals surface area contributed by atoms with Crippen molar-refractivity contribution < 1.29 is 14.3 Å². The molecule has 0 bridgehead atoms. The Balaban J connectivity index is 1.55. The zero-order valence-corrected chi connectivity index (χ0v) is 19.3. The van der Waals surface area contributed by atoms with E-state index < -0.39 is 0 Å². The molecule has 3 rings (SSSR count). The van der Waals surface area contributed by atoms with Gasteiger partial charge in [-0.3, -0.25) is 4.79 Å². The molecule has 1 saturated heterocycles. The average Bonchev–Trinajstić information content (AvgIpc) is 2.80. The molecule has 5 heteroatoms. The number of carbonyl (C=O) groups excluding carboxylic acids is 1. The third kappa shape index (κ3) is 7.89. The van der Waals surface area contributed by atoms with Gasteiger partial charge in [0.05, 0.1) is 6.10 Å². The van der Waals surface area contributed by atoms with Gasteiger partial charge in [0.1, 0.15) is 0 Å². The molecule has 0 aromatic heterocycles. The third-order valence-electron chi connectivity index (χ3n) is 6.95. The fourth-order valence-electron chi connectivity index (χ4n) is 5.33. The molecule has 3 unspecified atom stereocenters. The van der Waals surface area contributed by atoms with Crippen LogP contribution in [0.15, 0.2) is 30.3 Å². The summed E-state index contributed by atoms with van der Waals surface area (Å²) in [5, 5.41) is 0. The molecule has 1 aromatic rings. The Labute approximate surface area is 188 Å². The van der Waals surface area contributed by atoms with E-state index in [4.69, 9.17) is 15.2 Å². The van der Waals surface area contributed by atoms with Crippen LogP contribution < -0.4 is 5.73 Å². The molecular weight excluding hydrogens is 388 g/mol. The Kier molecular flexibility index (Phi) is 10.3. The first-order valence-electron chi connectivity index (χ1n) is 12.4. The predicted molar refractivity (Wildman–Crippen MR) is 125 cm³/mol. The van der Waals surface area contributed by atoms with Crippen molar-refractivity contribution >= 4 is 5.91 Å². The molecule has 1 aliphatic carbocycles. The lowest BCUT2D eigenvalue weighted by atomic mass is 9.84. The highest BCUT2D eigenvalue weighted by atomic mass is 16.5. The minimum Gasteiger partial charge on any atom is -0.385 e. The van der Waals surface area contributed by atoms with Gasteiger partial charge in [-0.15, -0.1) is 0 Å². The maximum absolute atomic E-state index is 13.0. The number of piperidine rings is 1. The lowest BCUT2D eigenvalue weighted by molar-refractivity contribution is -0.135. The van der Waals surface area contributed by atoms with Crippen molar-refractivity contribution in [3.05, 3.63) is 35.9 Å². The van der Waals surface area contributed by atoms with Gasteiger partial charge in [-0.05, 0) is 37.2 Å². The zero-order valence-electron chi connectivity index (χ0n) is 19.3. The lowest BCUT2D eigenvalue weighted by Crippen LogP contribution is -2.44. The number of likely N-dealkylation sites (tertiary alicyclic amines) is 1. The topological polar surface area (TPSA) is 64.8 Å². The second kappa shape index (κ2) is 13.2. The van der Waals surface area contributed by atoms with Crippen molar-refractivity contribution in [2.45, 2.75) is 76.4 Å². The summed E-state index contributed by atoms with van der Waals surface area (Å²) in [6.07, 6.45) is 11.1. The Morgan fingerprint density at radius 1 is 1.10 bits per heavy atom. The van der Waals surface area contributed by atoms with Crippen molar-refractivity contribution in [1.29, 1.82) is 0 Å². The van der Waals surface area contributed by atoms with Gasteiger partial charge in [0.2, 0.25) is 5.91 Å². The number of carbonyl (C=O) groups is 1. The van der Waals surface area contributed by atoms with Crippen LogP contribution in [0.25, 0.3) is 0 Å². The number of hydrogen-bond acceptors (Lipinski definition) is 4. The average molecular weight is 431 g/mol. The van der Waals surface area contributed by atoms with E-state index in [1.807, 2.05) is 11.0 Å². The first-order valence-corrected chi connectivity index (χ1v) is 12.4. The van der Waals surface area contributed by atoms with E-state index >= 15 is 0 Å². The van der Waals surface area contributed by atoms with Crippen LogP contribution in [0.4, 0.5) is 0 Å². The number of nitrogens with two attached hydrogens (primary N) is 1. The molecule has 0 spiro atoms. The van der Waals surface area contributed by atoms with E-state index in [0.717, 1.165) is 38.8 Å². The number of amides is 1. The van der Waals surface area contributed by atoms with Gasteiger partial charge < -0.3 is 20.1 Å². The molecule has 3 atom stereocenters. The van der Waals surface area contributed by atoms with Gasteiger partial charge >= 0.3 is 0 Å².